The van der Waals surface area contributed by atoms with Gasteiger partial charge in [-0.05, 0) is 59.1 Å². The van der Waals surface area contributed by atoms with Crippen LogP contribution in [0.3, 0.4) is 0 Å². The van der Waals surface area contributed by atoms with E-state index in [2.05, 4.69) is 15.5 Å². The first-order valence-electron chi connectivity index (χ1n) is 14.3. The highest BCUT2D eigenvalue weighted by Crippen LogP contribution is 2.34. The molecule has 0 radical (unpaired) electrons. The fourth-order valence-corrected chi connectivity index (χ4v) is 5.75. The van der Waals surface area contributed by atoms with Gasteiger partial charge in [-0.25, -0.2) is 4.79 Å². The summed E-state index contributed by atoms with van der Waals surface area (Å²) < 4.78 is 5.62. The monoisotopic (exact) mass is 653 g/mol. The Morgan fingerprint density at radius 2 is 1.59 bits per heavy atom. The highest BCUT2D eigenvalue weighted by Gasteiger charge is 2.28. The maximum absolute atomic E-state index is 13.9. The third-order valence-corrected chi connectivity index (χ3v) is 8.15. The average molecular weight is 654 g/mol. The molecule has 1 atom stereocenters. The molecular formula is C34H31N5O5S2. The predicted molar refractivity (Wildman–Crippen MR) is 179 cm³/mol. The summed E-state index contributed by atoms with van der Waals surface area (Å²) >= 11 is 6.35. The quantitative estimate of drug-likeness (QED) is 0.0969. The van der Waals surface area contributed by atoms with Crippen molar-refractivity contribution in [3.05, 3.63) is 135 Å². The number of hydrogen-bond acceptors (Lipinski definition) is 9. The van der Waals surface area contributed by atoms with Crippen molar-refractivity contribution in [2.75, 3.05) is 11.4 Å². The summed E-state index contributed by atoms with van der Waals surface area (Å²) in [7, 11) is 0. The van der Waals surface area contributed by atoms with Crippen LogP contribution in [0.25, 0.3) is 0 Å². The topological polar surface area (TPSA) is 151 Å². The number of nitrogens with zero attached hydrogens (tertiary/aromatic N) is 2. The molecule has 0 bridgehead atoms. The van der Waals surface area contributed by atoms with E-state index in [-0.39, 0.29) is 29.7 Å². The highest BCUT2D eigenvalue weighted by atomic mass is 32.1. The van der Waals surface area contributed by atoms with Crippen molar-refractivity contribution in [1.29, 1.82) is 0 Å². The molecule has 1 aromatic heterocycles. The van der Waals surface area contributed by atoms with E-state index in [1.54, 1.807) is 42.5 Å². The number of aromatic amines is 1. The Bertz CT molecular complexity index is 1860. The summed E-state index contributed by atoms with van der Waals surface area (Å²) in [5.74, 6) is -0.723. The SMILES string of the molecule is N[C@@H](Cc1ccc(O)cc1)C(=O)c1cccc(N(C(=O)CNC(=O)OCc2ccccc2)c2n[nH]c(=S)s2)c1Cc1ccccc1. The molecule has 0 aliphatic carbocycles. The van der Waals surface area contributed by atoms with Crippen LogP contribution in [0.5, 0.6) is 5.75 Å². The van der Waals surface area contributed by atoms with Gasteiger partial charge in [-0.1, -0.05) is 96.3 Å². The van der Waals surface area contributed by atoms with Crippen molar-refractivity contribution in [3.63, 3.8) is 0 Å². The van der Waals surface area contributed by atoms with E-state index in [9.17, 15) is 19.5 Å². The van der Waals surface area contributed by atoms with Crippen LogP contribution in [0.4, 0.5) is 15.6 Å². The van der Waals surface area contributed by atoms with Gasteiger partial charge in [0.15, 0.2) is 9.74 Å². The number of carbonyl (C=O) groups excluding carboxylic acids is 3. The lowest BCUT2D eigenvalue weighted by Gasteiger charge is -2.25. The first-order valence-corrected chi connectivity index (χ1v) is 15.6. The summed E-state index contributed by atoms with van der Waals surface area (Å²) in [5, 5.41) is 19.4. The molecule has 0 unspecified atom stereocenters. The average Bonchev–Trinajstić information content (AvgIpc) is 3.50. The van der Waals surface area contributed by atoms with E-state index in [0.29, 0.717) is 27.2 Å². The largest absolute Gasteiger partial charge is 0.508 e. The van der Waals surface area contributed by atoms with Crippen LogP contribution in [0, 0.1) is 3.95 Å². The molecule has 5 rings (SSSR count). The van der Waals surface area contributed by atoms with Crippen LogP contribution >= 0.6 is 23.6 Å². The second-order valence-corrected chi connectivity index (χ2v) is 12.0. The molecule has 46 heavy (non-hydrogen) atoms. The molecule has 0 aliphatic rings. The molecule has 0 spiro atoms. The van der Waals surface area contributed by atoms with Gasteiger partial charge >= 0.3 is 6.09 Å². The number of ether oxygens (including phenoxy) is 1. The Labute approximate surface area is 274 Å². The summed E-state index contributed by atoms with van der Waals surface area (Å²) in [6, 6.07) is 29.4. The molecule has 10 nitrogen and oxygen atoms in total. The number of aromatic hydroxyl groups is 1. The number of nitrogens with two attached hydrogens (primary N) is 1. The fourth-order valence-electron chi connectivity index (χ4n) is 4.84. The van der Waals surface area contributed by atoms with Crippen LogP contribution in [-0.2, 0) is 29.0 Å². The lowest BCUT2D eigenvalue weighted by atomic mass is 9.90. The summed E-state index contributed by atoms with van der Waals surface area (Å²) in [4.78, 5) is 41.6. The van der Waals surface area contributed by atoms with Crippen molar-refractivity contribution in [3.8, 4) is 5.75 Å². The van der Waals surface area contributed by atoms with E-state index in [1.807, 2.05) is 60.7 Å². The normalized spacial score (nSPS) is 11.4. The molecular weight excluding hydrogens is 623 g/mol. The van der Waals surface area contributed by atoms with E-state index < -0.39 is 24.6 Å². The fraction of sp³-hybridized carbons (Fsp3) is 0.147. The zero-order valence-electron chi connectivity index (χ0n) is 24.6. The Kier molecular flexibility index (Phi) is 10.7. The zero-order chi connectivity index (χ0) is 32.5. The number of amides is 2. The molecule has 0 fully saturated rings. The van der Waals surface area contributed by atoms with Gasteiger partial charge in [0.1, 0.15) is 18.9 Å². The van der Waals surface area contributed by atoms with E-state index in [0.717, 1.165) is 28.0 Å². The number of ketones is 1. The number of rotatable bonds is 12. The number of aromatic nitrogens is 2. The number of phenolic OH excluding ortho intramolecular Hbond substituents is 1. The molecule has 12 heteroatoms. The standard InChI is InChI=1S/C34H31N5O5S2/c35-28(19-23-14-16-25(40)17-15-23)31(42)26-12-7-13-29(27(26)18-22-8-3-1-4-9-22)39(32-37-38-34(45)46-32)30(41)20-36-33(43)44-21-24-10-5-2-6-11-24/h1-17,28,40H,18-21,35H2,(H,36,43)(H,38,45)/t28-/m0/s1. The van der Waals surface area contributed by atoms with Crippen molar-refractivity contribution in [1.82, 2.24) is 15.5 Å². The van der Waals surface area contributed by atoms with Crippen LogP contribution in [0.15, 0.2) is 103 Å². The number of phenols is 1. The van der Waals surface area contributed by atoms with Gasteiger partial charge in [0.2, 0.25) is 5.13 Å². The molecule has 234 valence electrons. The third-order valence-electron chi connectivity index (χ3n) is 7.07. The van der Waals surface area contributed by atoms with Gasteiger partial charge in [-0.2, -0.15) is 0 Å². The molecule has 0 aliphatic heterocycles. The van der Waals surface area contributed by atoms with Crippen LogP contribution in [0.2, 0.25) is 0 Å². The Balaban J connectivity index is 1.46. The number of hydrogen-bond donors (Lipinski definition) is 4. The molecule has 5 N–H and O–H groups in total. The summed E-state index contributed by atoms with van der Waals surface area (Å²) in [5.41, 5.74) is 10.2. The molecule has 2 amide bonds. The van der Waals surface area contributed by atoms with Gasteiger partial charge in [-0.3, -0.25) is 19.6 Å². The smallest absolute Gasteiger partial charge is 0.407 e. The molecule has 4 aromatic carbocycles. The first kappa shape index (κ1) is 32.2. The van der Waals surface area contributed by atoms with Crippen LogP contribution in [-0.4, -0.2) is 45.7 Å². The van der Waals surface area contributed by atoms with Crippen LogP contribution in [0.1, 0.15) is 32.6 Å². The lowest BCUT2D eigenvalue weighted by Crippen LogP contribution is -2.39. The van der Waals surface area contributed by atoms with Gasteiger partial charge in [-0.15, -0.1) is 5.10 Å². The van der Waals surface area contributed by atoms with Gasteiger partial charge in [0, 0.05) is 12.0 Å². The van der Waals surface area contributed by atoms with Gasteiger partial charge in [0.25, 0.3) is 5.91 Å². The highest BCUT2D eigenvalue weighted by molar-refractivity contribution is 7.73. The second-order valence-electron chi connectivity index (χ2n) is 10.3. The van der Waals surface area contributed by atoms with Crippen molar-refractivity contribution in [2.24, 2.45) is 5.73 Å². The molecule has 0 saturated heterocycles. The predicted octanol–water partition coefficient (Wildman–Crippen LogP) is 5.84. The van der Waals surface area contributed by atoms with Crippen molar-refractivity contribution < 1.29 is 24.2 Å². The minimum Gasteiger partial charge on any atom is -0.508 e. The Morgan fingerprint density at radius 1 is 0.913 bits per heavy atom. The maximum atomic E-state index is 13.9. The van der Waals surface area contributed by atoms with Crippen LogP contribution < -0.4 is 16.0 Å². The van der Waals surface area contributed by atoms with E-state index >= 15 is 0 Å². The summed E-state index contributed by atoms with van der Waals surface area (Å²) in [6.07, 6.45) is -0.219. The summed E-state index contributed by atoms with van der Waals surface area (Å²) in [6.45, 7) is -0.371. The number of Topliss-reactive ketones (excluding diaryl/α,β-unsaturated/α-hetero) is 1. The van der Waals surface area contributed by atoms with Crippen molar-refractivity contribution >= 4 is 52.2 Å². The Morgan fingerprint density at radius 3 is 2.24 bits per heavy atom. The molecule has 1 heterocycles. The number of nitrogens with one attached hydrogen (secondary N) is 2. The number of anilines is 2. The molecule has 5 aromatic rings. The number of H-pyrrole nitrogens is 1. The minimum absolute atomic E-state index is 0.0428. The molecule has 0 saturated carbocycles. The lowest BCUT2D eigenvalue weighted by molar-refractivity contribution is -0.117. The third kappa shape index (κ3) is 8.30. The van der Waals surface area contributed by atoms with E-state index in [1.165, 1.54) is 4.90 Å². The number of carbonyl (C=O) groups is 3. The van der Waals surface area contributed by atoms with E-state index in [4.69, 9.17) is 22.7 Å². The second kappa shape index (κ2) is 15.2. The first-order chi connectivity index (χ1) is 22.3. The van der Waals surface area contributed by atoms with Gasteiger partial charge < -0.3 is 20.9 Å². The minimum atomic E-state index is -0.896. The van der Waals surface area contributed by atoms with Crippen molar-refractivity contribution in [2.45, 2.75) is 25.5 Å². The number of benzene rings is 4. The van der Waals surface area contributed by atoms with Gasteiger partial charge in [0.05, 0.1) is 11.7 Å². The maximum Gasteiger partial charge on any atom is 0.407 e. The zero-order valence-corrected chi connectivity index (χ0v) is 26.2. The Hall–Kier alpha value is -5.17. The number of alkyl carbamates (subject to hydrolysis) is 1.